The minimum absolute atomic E-state index is 0.0978. The molecule has 1 N–H and O–H groups in total. The van der Waals surface area contributed by atoms with Gasteiger partial charge in [-0.1, -0.05) is 83.0 Å². The Bertz CT molecular complexity index is 1370. The van der Waals surface area contributed by atoms with Gasteiger partial charge in [0.2, 0.25) is 21.8 Å². The third kappa shape index (κ3) is 9.08. The Kier molecular flexibility index (Phi) is 11.0. The summed E-state index contributed by atoms with van der Waals surface area (Å²) in [5.41, 5.74) is 1.95. The quantitative estimate of drug-likeness (QED) is 0.288. The lowest BCUT2D eigenvalue weighted by atomic mass is 10.0. The Morgan fingerprint density at radius 1 is 0.974 bits per heavy atom. The number of sulfonamides is 1. The van der Waals surface area contributed by atoms with E-state index in [2.05, 4.69) is 21.2 Å². The number of rotatable bonds is 12. The molecule has 2 atom stereocenters. The predicted octanol–water partition coefficient (Wildman–Crippen LogP) is 5.42. The molecule has 0 fully saturated rings. The largest absolute Gasteiger partial charge is 0.352 e. The van der Waals surface area contributed by atoms with Crippen LogP contribution in [-0.2, 0) is 32.6 Å². The van der Waals surface area contributed by atoms with Gasteiger partial charge in [0.15, 0.2) is 0 Å². The van der Waals surface area contributed by atoms with Gasteiger partial charge in [-0.2, -0.15) is 0 Å². The average molecular weight is 635 g/mol. The minimum Gasteiger partial charge on any atom is -0.352 e. The van der Waals surface area contributed by atoms with Crippen molar-refractivity contribution < 1.29 is 18.0 Å². The molecule has 0 heterocycles. The molecular weight excluding hydrogens is 602 g/mol. The SMILES string of the molecule is CC[C@@H](C)NC(=O)[C@H](Cc1ccccc1)N(Cc1ccc(Br)cc1)C(=O)CN(c1cccc(Cl)c1)S(C)(=O)=O. The summed E-state index contributed by atoms with van der Waals surface area (Å²) in [7, 11) is -3.85. The molecule has 0 aliphatic heterocycles. The molecule has 0 unspecified atom stereocenters. The van der Waals surface area contributed by atoms with Crippen molar-refractivity contribution in [3.63, 3.8) is 0 Å². The normalized spacial score (nSPS) is 12.8. The van der Waals surface area contributed by atoms with Crippen LogP contribution in [0.3, 0.4) is 0 Å². The summed E-state index contributed by atoms with van der Waals surface area (Å²) in [6.45, 7) is 3.50. The monoisotopic (exact) mass is 633 g/mol. The highest BCUT2D eigenvalue weighted by molar-refractivity contribution is 9.10. The van der Waals surface area contributed by atoms with Gasteiger partial charge in [-0.25, -0.2) is 8.42 Å². The molecule has 3 aromatic rings. The Morgan fingerprint density at radius 3 is 2.23 bits per heavy atom. The van der Waals surface area contributed by atoms with E-state index in [9.17, 15) is 18.0 Å². The van der Waals surface area contributed by atoms with Crippen LogP contribution in [0.1, 0.15) is 31.4 Å². The smallest absolute Gasteiger partial charge is 0.244 e. The van der Waals surface area contributed by atoms with Gasteiger partial charge in [0, 0.05) is 28.5 Å². The first-order chi connectivity index (χ1) is 18.5. The Labute approximate surface area is 244 Å². The molecule has 0 spiro atoms. The fraction of sp³-hybridized carbons (Fsp3) is 0.310. The van der Waals surface area contributed by atoms with Crippen LogP contribution < -0.4 is 9.62 Å². The number of carbonyl (C=O) groups excluding carboxylic acids is 2. The molecule has 0 saturated carbocycles. The van der Waals surface area contributed by atoms with Gasteiger partial charge < -0.3 is 10.2 Å². The zero-order valence-electron chi connectivity index (χ0n) is 22.2. The van der Waals surface area contributed by atoms with Gasteiger partial charge in [-0.3, -0.25) is 13.9 Å². The maximum absolute atomic E-state index is 14.0. The molecule has 0 aliphatic carbocycles. The molecule has 208 valence electrons. The zero-order chi connectivity index (χ0) is 28.6. The van der Waals surface area contributed by atoms with E-state index in [1.165, 1.54) is 11.0 Å². The van der Waals surface area contributed by atoms with E-state index >= 15 is 0 Å². The maximum Gasteiger partial charge on any atom is 0.244 e. The Hall–Kier alpha value is -2.88. The van der Waals surface area contributed by atoms with Gasteiger partial charge >= 0.3 is 0 Å². The summed E-state index contributed by atoms with van der Waals surface area (Å²) >= 11 is 9.56. The first-order valence-corrected chi connectivity index (χ1v) is 15.6. The summed E-state index contributed by atoms with van der Waals surface area (Å²) in [5, 5.41) is 3.36. The van der Waals surface area contributed by atoms with E-state index in [1.807, 2.05) is 68.4 Å². The number of benzene rings is 3. The summed E-state index contributed by atoms with van der Waals surface area (Å²) < 4.78 is 27.5. The lowest BCUT2D eigenvalue weighted by molar-refractivity contribution is -0.140. The average Bonchev–Trinajstić information content (AvgIpc) is 2.90. The number of amides is 2. The first-order valence-electron chi connectivity index (χ1n) is 12.6. The number of halogens is 2. The molecule has 3 aromatic carbocycles. The van der Waals surface area contributed by atoms with Crippen molar-refractivity contribution in [1.29, 1.82) is 0 Å². The summed E-state index contributed by atoms with van der Waals surface area (Å²) in [5.74, 6) is -0.809. The van der Waals surface area contributed by atoms with Crippen molar-refractivity contribution >= 4 is 55.1 Å². The van der Waals surface area contributed by atoms with Crippen LogP contribution in [0.5, 0.6) is 0 Å². The van der Waals surface area contributed by atoms with Crippen LogP contribution in [0.2, 0.25) is 5.02 Å². The molecule has 2 amide bonds. The minimum atomic E-state index is -3.85. The number of carbonyl (C=O) groups is 2. The van der Waals surface area contributed by atoms with E-state index in [4.69, 9.17) is 11.6 Å². The third-order valence-corrected chi connectivity index (χ3v) is 8.22. The fourth-order valence-corrected chi connectivity index (χ4v) is 5.32. The Balaban J connectivity index is 2.05. The number of nitrogens with zero attached hydrogens (tertiary/aromatic N) is 2. The van der Waals surface area contributed by atoms with Gasteiger partial charge in [-0.15, -0.1) is 0 Å². The number of nitrogens with one attached hydrogen (secondary N) is 1. The van der Waals surface area contributed by atoms with Crippen molar-refractivity contribution in [3.05, 3.63) is 99.5 Å². The molecule has 0 radical (unpaired) electrons. The summed E-state index contributed by atoms with van der Waals surface area (Å²) in [4.78, 5) is 29.1. The molecule has 0 aliphatic rings. The lowest BCUT2D eigenvalue weighted by Gasteiger charge is -2.34. The topological polar surface area (TPSA) is 86.8 Å². The van der Waals surface area contributed by atoms with Crippen molar-refractivity contribution in [2.45, 2.75) is 45.3 Å². The highest BCUT2D eigenvalue weighted by Gasteiger charge is 2.33. The summed E-state index contributed by atoms with van der Waals surface area (Å²) in [6, 6.07) is 22.2. The van der Waals surface area contributed by atoms with E-state index in [0.717, 1.165) is 32.6 Å². The second kappa shape index (κ2) is 14.0. The van der Waals surface area contributed by atoms with Crippen LogP contribution in [0.25, 0.3) is 0 Å². The third-order valence-electron chi connectivity index (χ3n) is 6.31. The van der Waals surface area contributed by atoms with Crippen molar-refractivity contribution in [3.8, 4) is 0 Å². The van der Waals surface area contributed by atoms with E-state index in [1.54, 1.807) is 18.2 Å². The highest BCUT2D eigenvalue weighted by atomic mass is 79.9. The molecule has 7 nitrogen and oxygen atoms in total. The van der Waals surface area contributed by atoms with Gasteiger partial charge in [0.05, 0.1) is 11.9 Å². The molecule has 0 saturated heterocycles. The van der Waals surface area contributed by atoms with Crippen LogP contribution in [0.15, 0.2) is 83.3 Å². The van der Waals surface area contributed by atoms with Crippen LogP contribution in [0, 0.1) is 0 Å². The van der Waals surface area contributed by atoms with Crippen molar-refractivity contribution in [1.82, 2.24) is 10.2 Å². The lowest BCUT2D eigenvalue weighted by Crippen LogP contribution is -2.54. The molecule has 39 heavy (non-hydrogen) atoms. The molecule has 0 bridgehead atoms. The van der Waals surface area contributed by atoms with Gasteiger partial charge in [-0.05, 0) is 54.8 Å². The standard InChI is InChI=1S/C29H33BrClN3O4S/c1-4-21(2)32-29(36)27(17-22-9-6-5-7-10-22)33(19-23-13-15-24(30)16-14-23)28(35)20-34(39(3,37)38)26-12-8-11-25(31)18-26/h5-16,18,21,27H,4,17,19-20H2,1-3H3,(H,32,36)/t21-,27+/m1/s1. The second-order valence-corrected chi connectivity index (χ2v) is 12.7. The predicted molar refractivity (Wildman–Crippen MR) is 160 cm³/mol. The maximum atomic E-state index is 14.0. The van der Waals surface area contributed by atoms with Crippen molar-refractivity contribution in [2.75, 3.05) is 17.1 Å². The molecular formula is C29H33BrClN3O4S. The molecule has 0 aromatic heterocycles. The van der Waals surface area contributed by atoms with Crippen LogP contribution in [-0.4, -0.2) is 50.0 Å². The molecule has 10 heteroatoms. The summed E-state index contributed by atoms with van der Waals surface area (Å²) in [6.07, 6.45) is 2.03. The number of hydrogen-bond acceptors (Lipinski definition) is 4. The zero-order valence-corrected chi connectivity index (χ0v) is 25.3. The van der Waals surface area contributed by atoms with Crippen LogP contribution in [0.4, 0.5) is 5.69 Å². The van der Waals surface area contributed by atoms with E-state index in [0.29, 0.717) is 5.02 Å². The highest BCUT2D eigenvalue weighted by Crippen LogP contribution is 2.23. The second-order valence-electron chi connectivity index (χ2n) is 9.42. The number of anilines is 1. The van der Waals surface area contributed by atoms with Gasteiger partial charge in [0.1, 0.15) is 12.6 Å². The van der Waals surface area contributed by atoms with Gasteiger partial charge in [0.25, 0.3) is 0 Å². The Morgan fingerprint density at radius 2 is 1.64 bits per heavy atom. The fourth-order valence-electron chi connectivity index (χ4n) is 4.03. The first kappa shape index (κ1) is 30.7. The molecule has 3 rings (SSSR count). The van der Waals surface area contributed by atoms with E-state index < -0.39 is 28.5 Å². The van der Waals surface area contributed by atoms with Crippen molar-refractivity contribution in [2.24, 2.45) is 0 Å². The van der Waals surface area contributed by atoms with E-state index in [-0.39, 0.29) is 30.6 Å². The van der Waals surface area contributed by atoms with Crippen LogP contribution >= 0.6 is 27.5 Å². The number of hydrogen-bond donors (Lipinski definition) is 1.